The van der Waals surface area contributed by atoms with Gasteiger partial charge >= 0.3 is 0 Å². The zero-order valence-electron chi connectivity index (χ0n) is 8.35. The number of carbonyl (C=O) groups excluding carboxylic acids is 1. The highest BCUT2D eigenvalue weighted by atomic mass is 35.5. The Hall–Kier alpha value is -1.22. The van der Waals surface area contributed by atoms with Gasteiger partial charge in [-0.25, -0.2) is 0 Å². The summed E-state index contributed by atoms with van der Waals surface area (Å²) in [4.78, 5) is 10.9. The first-order valence-corrected chi connectivity index (χ1v) is 4.54. The molecule has 0 saturated heterocycles. The van der Waals surface area contributed by atoms with Crippen LogP contribution in [-0.4, -0.2) is 13.0 Å². The summed E-state index contributed by atoms with van der Waals surface area (Å²) in [5, 5.41) is 3.17. The highest BCUT2D eigenvalue weighted by Crippen LogP contribution is 2.35. The molecule has 1 aromatic rings. The first-order valence-electron chi connectivity index (χ1n) is 4.17. The van der Waals surface area contributed by atoms with E-state index in [-0.39, 0.29) is 5.91 Å². The number of benzene rings is 1. The molecule has 76 valence electrons. The van der Waals surface area contributed by atoms with E-state index in [1.165, 1.54) is 14.0 Å². The van der Waals surface area contributed by atoms with E-state index in [2.05, 4.69) is 5.32 Å². The molecule has 0 aliphatic heterocycles. The quantitative estimate of drug-likeness (QED) is 0.820. The zero-order chi connectivity index (χ0) is 10.7. The fourth-order valence-corrected chi connectivity index (χ4v) is 1.42. The van der Waals surface area contributed by atoms with Crippen LogP contribution in [0.4, 0.5) is 5.69 Å². The van der Waals surface area contributed by atoms with E-state index in [4.69, 9.17) is 16.3 Å². The first-order chi connectivity index (χ1) is 6.56. The molecule has 1 aromatic carbocycles. The van der Waals surface area contributed by atoms with Gasteiger partial charge in [-0.3, -0.25) is 4.79 Å². The molecule has 0 radical (unpaired) electrons. The molecule has 0 unspecified atom stereocenters. The Morgan fingerprint density at radius 1 is 1.50 bits per heavy atom. The van der Waals surface area contributed by atoms with Gasteiger partial charge in [0.15, 0.2) is 5.75 Å². The summed E-state index contributed by atoms with van der Waals surface area (Å²) in [6.07, 6.45) is 0. The summed E-state index contributed by atoms with van der Waals surface area (Å²) in [6, 6.07) is 3.57. The average molecular weight is 214 g/mol. The van der Waals surface area contributed by atoms with E-state index in [1.54, 1.807) is 6.07 Å². The molecule has 3 nitrogen and oxygen atoms in total. The van der Waals surface area contributed by atoms with Crippen LogP contribution in [0, 0.1) is 6.92 Å². The summed E-state index contributed by atoms with van der Waals surface area (Å²) < 4.78 is 5.11. The molecule has 1 amide bonds. The number of hydrogen-bond donors (Lipinski definition) is 1. The predicted molar refractivity (Wildman–Crippen MR) is 57.0 cm³/mol. The summed E-state index contributed by atoms with van der Waals surface area (Å²) in [5.41, 5.74) is 1.55. The van der Waals surface area contributed by atoms with E-state index >= 15 is 0 Å². The summed E-state index contributed by atoms with van der Waals surface area (Å²) in [5.74, 6) is 0.357. The maximum atomic E-state index is 10.9. The van der Waals surface area contributed by atoms with Gasteiger partial charge in [-0.1, -0.05) is 17.7 Å². The number of ether oxygens (including phenoxy) is 1. The van der Waals surface area contributed by atoms with Crippen molar-refractivity contribution >= 4 is 23.2 Å². The van der Waals surface area contributed by atoms with Crippen molar-refractivity contribution in [2.45, 2.75) is 13.8 Å². The van der Waals surface area contributed by atoms with Crippen LogP contribution in [0.2, 0.25) is 5.02 Å². The Morgan fingerprint density at radius 2 is 2.14 bits per heavy atom. The van der Waals surface area contributed by atoms with E-state index in [0.29, 0.717) is 16.5 Å². The van der Waals surface area contributed by atoms with Crippen LogP contribution < -0.4 is 10.1 Å². The number of rotatable bonds is 2. The standard InChI is InChI=1S/C10H12ClNO2/c1-6-4-5-8(11)10(14-3)9(6)12-7(2)13/h4-5H,1-3H3,(H,12,13). The number of hydrogen-bond acceptors (Lipinski definition) is 2. The number of amides is 1. The van der Waals surface area contributed by atoms with Crippen LogP contribution in [0.5, 0.6) is 5.75 Å². The van der Waals surface area contributed by atoms with Crippen LogP contribution in [0.25, 0.3) is 0 Å². The van der Waals surface area contributed by atoms with Gasteiger partial charge in [0.05, 0.1) is 17.8 Å². The molecule has 0 fully saturated rings. The van der Waals surface area contributed by atoms with Crippen LogP contribution in [0.3, 0.4) is 0 Å². The maximum Gasteiger partial charge on any atom is 0.221 e. The van der Waals surface area contributed by atoms with Crippen molar-refractivity contribution in [1.29, 1.82) is 0 Å². The molecule has 0 saturated carbocycles. The van der Waals surface area contributed by atoms with Crippen molar-refractivity contribution in [2.75, 3.05) is 12.4 Å². The molecule has 4 heteroatoms. The molecule has 0 aliphatic rings. The third kappa shape index (κ3) is 2.17. The van der Waals surface area contributed by atoms with Crippen molar-refractivity contribution in [3.05, 3.63) is 22.7 Å². The molecular formula is C10H12ClNO2. The van der Waals surface area contributed by atoms with Crippen LogP contribution >= 0.6 is 11.6 Å². The number of nitrogens with one attached hydrogen (secondary N) is 1. The fourth-order valence-electron chi connectivity index (χ4n) is 1.19. The van der Waals surface area contributed by atoms with Crippen LogP contribution in [0.1, 0.15) is 12.5 Å². The summed E-state index contributed by atoms with van der Waals surface area (Å²) in [6.45, 7) is 3.32. The monoisotopic (exact) mass is 213 g/mol. The van der Waals surface area contributed by atoms with Crippen LogP contribution in [-0.2, 0) is 4.79 Å². The molecule has 0 aliphatic carbocycles. The molecule has 1 N–H and O–H groups in total. The highest BCUT2D eigenvalue weighted by molar-refractivity contribution is 6.32. The second-order valence-electron chi connectivity index (χ2n) is 2.95. The number of anilines is 1. The largest absolute Gasteiger partial charge is 0.493 e. The van der Waals surface area contributed by atoms with Crippen molar-refractivity contribution < 1.29 is 9.53 Å². The molecule has 0 aromatic heterocycles. The van der Waals surface area contributed by atoms with Crippen molar-refractivity contribution in [1.82, 2.24) is 0 Å². The Kier molecular flexibility index (Phi) is 3.36. The average Bonchev–Trinajstić information content (AvgIpc) is 2.11. The minimum atomic E-state index is -0.145. The molecule has 0 bridgehead atoms. The maximum absolute atomic E-state index is 10.9. The number of methoxy groups -OCH3 is 1. The van der Waals surface area contributed by atoms with E-state index in [9.17, 15) is 4.79 Å². The van der Waals surface area contributed by atoms with Gasteiger partial charge in [0, 0.05) is 6.92 Å². The van der Waals surface area contributed by atoms with Crippen LogP contribution in [0.15, 0.2) is 12.1 Å². The molecular weight excluding hydrogens is 202 g/mol. The zero-order valence-corrected chi connectivity index (χ0v) is 9.11. The molecule has 1 rings (SSSR count). The van der Waals surface area contributed by atoms with Gasteiger partial charge < -0.3 is 10.1 Å². The van der Waals surface area contributed by atoms with E-state index in [0.717, 1.165) is 5.56 Å². The van der Waals surface area contributed by atoms with Gasteiger partial charge in [-0.15, -0.1) is 0 Å². The number of halogens is 1. The minimum Gasteiger partial charge on any atom is -0.493 e. The molecule has 0 spiro atoms. The topological polar surface area (TPSA) is 38.3 Å². The van der Waals surface area contributed by atoms with Crippen molar-refractivity contribution in [3.8, 4) is 5.75 Å². The van der Waals surface area contributed by atoms with E-state index < -0.39 is 0 Å². The minimum absolute atomic E-state index is 0.145. The Bertz CT molecular complexity index is 363. The normalized spacial score (nSPS) is 9.71. The lowest BCUT2D eigenvalue weighted by atomic mass is 10.2. The van der Waals surface area contributed by atoms with Crippen molar-refractivity contribution in [2.24, 2.45) is 0 Å². The second-order valence-corrected chi connectivity index (χ2v) is 3.36. The Balaban J connectivity index is 3.22. The molecule has 0 atom stereocenters. The first kappa shape index (κ1) is 10.9. The Labute approximate surface area is 88.0 Å². The SMILES string of the molecule is COc1c(Cl)ccc(C)c1NC(C)=O. The van der Waals surface area contributed by atoms with Gasteiger partial charge in [-0.2, -0.15) is 0 Å². The lowest BCUT2D eigenvalue weighted by molar-refractivity contribution is -0.114. The second kappa shape index (κ2) is 4.33. The third-order valence-corrected chi connectivity index (χ3v) is 2.12. The van der Waals surface area contributed by atoms with Gasteiger partial charge in [0.2, 0.25) is 5.91 Å². The summed E-state index contributed by atoms with van der Waals surface area (Å²) in [7, 11) is 1.52. The lowest BCUT2D eigenvalue weighted by Gasteiger charge is -2.12. The molecule has 14 heavy (non-hydrogen) atoms. The molecule has 0 heterocycles. The van der Waals surface area contributed by atoms with Crippen molar-refractivity contribution in [3.63, 3.8) is 0 Å². The third-order valence-electron chi connectivity index (χ3n) is 1.82. The van der Waals surface area contributed by atoms with Gasteiger partial charge in [-0.05, 0) is 18.6 Å². The number of carbonyl (C=O) groups is 1. The lowest BCUT2D eigenvalue weighted by Crippen LogP contribution is -2.08. The Morgan fingerprint density at radius 3 is 2.64 bits per heavy atom. The van der Waals surface area contributed by atoms with E-state index in [1.807, 2.05) is 13.0 Å². The predicted octanol–water partition coefficient (Wildman–Crippen LogP) is 2.62. The highest BCUT2D eigenvalue weighted by Gasteiger charge is 2.11. The number of aryl methyl sites for hydroxylation is 1. The smallest absolute Gasteiger partial charge is 0.221 e. The summed E-state index contributed by atoms with van der Waals surface area (Å²) >= 11 is 5.91. The fraction of sp³-hybridized carbons (Fsp3) is 0.300. The van der Waals surface area contributed by atoms with Gasteiger partial charge in [0.1, 0.15) is 0 Å². The van der Waals surface area contributed by atoms with Gasteiger partial charge in [0.25, 0.3) is 0 Å².